The van der Waals surface area contributed by atoms with Gasteiger partial charge < -0.3 is 4.90 Å². The lowest BCUT2D eigenvalue weighted by atomic mass is 9.89. The Kier molecular flexibility index (Phi) is 5.49. The van der Waals surface area contributed by atoms with E-state index in [0.29, 0.717) is 10.0 Å². The number of nitrogens with zero attached hydrogens (tertiary/aromatic N) is 2. The fraction of sp³-hybridized carbons (Fsp3) is 0.611. The third-order valence-corrected chi connectivity index (χ3v) is 6.58. The summed E-state index contributed by atoms with van der Waals surface area (Å²) in [6.45, 7) is 6.74. The highest BCUT2D eigenvalue weighted by molar-refractivity contribution is 8.15. The van der Waals surface area contributed by atoms with Crippen molar-refractivity contribution in [2.24, 2.45) is 10.9 Å². The van der Waals surface area contributed by atoms with Gasteiger partial charge in [0.15, 0.2) is 5.17 Å². The van der Waals surface area contributed by atoms with Crippen LogP contribution in [0.3, 0.4) is 0 Å². The smallest absolute Gasteiger partial charge is 0.165 e. The lowest BCUT2D eigenvalue weighted by molar-refractivity contribution is 0.272. The van der Waals surface area contributed by atoms with Crippen LogP contribution in [0.25, 0.3) is 0 Å². The molecule has 0 aromatic heterocycles. The Morgan fingerprint density at radius 1 is 1.22 bits per heavy atom. The van der Waals surface area contributed by atoms with Gasteiger partial charge in [0.05, 0.1) is 15.7 Å². The summed E-state index contributed by atoms with van der Waals surface area (Å²) in [5.41, 5.74) is 0.771. The van der Waals surface area contributed by atoms with Crippen LogP contribution in [0.1, 0.15) is 46.0 Å². The number of halogens is 2. The van der Waals surface area contributed by atoms with Gasteiger partial charge in [-0.05, 0) is 44.7 Å². The van der Waals surface area contributed by atoms with Crippen molar-refractivity contribution in [1.29, 1.82) is 0 Å². The molecule has 23 heavy (non-hydrogen) atoms. The maximum atomic E-state index is 6.32. The Morgan fingerprint density at radius 3 is 2.70 bits per heavy atom. The van der Waals surface area contributed by atoms with Crippen molar-refractivity contribution in [3.8, 4) is 0 Å². The third-order valence-electron chi connectivity index (χ3n) is 4.56. The molecule has 2 fully saturated rings. The number of benzene rings is 1. The highest BCUT2D eigenvalue weighted by Gasteiger charge is 2.36. The zero-order valence-corrected chi connectivity index (χ0v) is 16.1. The topological polar surface area (TPSA) is 15.6 Å². The number of thioether (sulfide) groups is 1. The minimum Gasteiger partial charge on any atom is -0.350 e. The van der Waals surface area contributed by atoms with Crippen molar-refractivity contribution in [2.45, 2.75) is 50.7 Å². The summed E-state index contributed by atoms with van der Waals surface area (Å²) >= 11 is 14.3. The molecule has 1 aliphatic heterocycles. The summed E-state index contributed by atoms with van der Waals surface area (Å²) in [5.74, 6) is 0.804. The molecule has 1 aliphatic carbocycles. The number of aliphatic imine (C=N–C) groups is 1. The fourth-order valence-corrected chi connectivity index (χ4v) is 4.94. The monoisotopic (exact) mass is 370 g/mol. The van der Waals surface area contributed by atoms with Crippen LogP contribution >= 0.6 is 35.0 Å². The first-order valence-corrected chi connectivity index (χ1v) is 9.98. The molecule has 1 saturated carbocycles. The van der Waals surface area contributed by atoms with E-state index in [1.165, 1.54) is 32.1 Å². The quantitative estimate of drug-likeness (QED) is 0.612. The molecule has 5 heteroatoms. The summed E-state index contributed by atoms with van der Waals surface area (Å²) in [5, 5.41) is 2.20. The number of amidine groups is 1. The van der Waals surface area contributed by atoms with Gasteiger partial charge in [-0.2, -0.15) is 0 Å². The predicted octanol–water partition coefficient (Wildman–Crippen LogP) is 6.39. The van der Waals surface area contributed by atoms with E-state index in [0.717, 1.165) is 29.9 Å². The van der Waals surface area contributed by atoms with Crippen molar-refractivity contribution in [1.82, 2.24) is 4.90 Å². The number of rotatable bonds is 3. The zero-order valence-electron chi connectivity index (χ0n) is 13.8. The van der Waals surface area contributed by atoms with Crippen LogP contribution in [0, 0.1) is 5.92 Å². The Labute approximate surface area is 153 Å². The average Bonchev–Trinajstić information content (AvgIpc) is 2.79. The van der Waals surface area contributed by atoms with Gasteiger partial charge in [0, 0.05) is 17.8 Å². The summed E-state index contributed by atoms with van der Waals surface area (Å²) in [6.07, 6.45) is 6.86. The third kappa shape index (κ3) is 4.37. The SMILES string of the molecule is CC1(C)CN(CC2CCCCC2)C(=Nc2cccc(Cl)c2Cl)S1. The van der Waals surface area contributed by atoms with Gasteiger partial charge in [-0.25, -0.2) is 4.99 Å². The summed E-state index contributed by atoms with van der Waals surface area (Å²) in [7, 11) is 0. The standard InChI is InChI=1S/C18H24Cl2N2S/c1-18(2)12-22(11-13-7-4-3-5-8-13)17(23-18)21-15-10-6-9-14(19)16(15)20/h6,9-10,13H,3-5,7-8,11-12H2,1-2H3. The van der Waals surface area contributed by atoms with Gasteiger partial charge in [-0.3, -0.25) is 0 Å². The minimum atomic E-state index is 0.193. The van der Waals surface area contributed by atoms with Crippen LogP contribution < -0.4 is 0 Å². The summed E-state index contributed by atoms with van der Waals surface area (Å²) in [6, 6.07) is 5.65. The molecule has 0 bridgehead atoms. The molecular weight excluding hydrogens is 347 g/mol. The summed E-state index contributed by atoms with van der Waals surface area (Å²) < 4.78 is 0.193. The van der Waals surface area contributed by atoms with Gasteiger partial charge in [0.2, 0.25) is 0 Å². The van der Waals surface area contributed by atoms with Crippen LogP contribution in [0.5, 0.6) is 0 Å². The van der Waals surface area contributed by atoms with Gasteiger partial charge >= 0.3 is 0 Å². The first-order chi connectivity index (χ1) is 10.9. The average molecular weight is 371 g/mol. The van der Waals surface area contributed by atoms with Crippen molar-refractivity contribution in [3.63, 3.8) is 0 Å². The molecule has 0 radical (unpaired) electrons. The Bertz CT molecular complexity index is 595. The van der Waals surface area contributed by atoms with Crippen LogP contribution in [-0.2, 0) is 0 Å². The van der Waals surface area contributed by atoms with E-state index < -0.39 is 0 Å². The molecule has 1 aromatic carbocycles. The van der Waals surface area contributed by atoms with Gasteiger partial charge in [0.1, 0.15) is 0 Å². The van der Waals surface area contributed by atoms with Crippen LogP contribution in [0.4, 0.5) is 5.69 Å². The molecular formula is C18H24Cl2N2S. The van der Waals surface area contributed by atoms with Gasteiger partial charge in [-0.1, -0.05) is 60.3 Å². The first-order valence-electron chi connectivity index (χ1n) is 8.41. The lowest BCUT2D eigenvalue weighted by Gasteiger charge is -2.28. The highest BCUT2D eigenvalue weighted by Crippen LogP contribution is 2.40. The molecule has 1 aromatic rings. The Balaban J connectivity index is 1.82. The largest absolute Gasteiger partial charge is 0.350 e. The van der Waals surface area contributed by atoms with E-state index in [1.807, 2.05) is 23.9 Å². The van der Waals surface area contributed by atoms with E-state index in [2.05, 4.69) is 18.7 Å². The molecule has 0 atom stereocenters. The Hall–Kier alpha value is -0.380. The molecule has 0 N–H and O–H groups in total. The second-order valence-corrected chi connectivity index (χ2v) is 9.67. The maximum absolute atomic E-state index is 6.32. The van der Waals surface area contributed by atoms with Crippen molar-refractivity contribution in [2.75, 3.05) is 13.1 Å². The normalized spacial score (nSPS) is 23.7. The molecule has 0 spiro atoms. The van der Waals surface area contributed by atoms with E-state index in [4.69, 9.17) is 28.2 Å². The second-order valence-electron chi connectivity index (χ2n) is 7.21. The van der Waals surface area contributed by atoms with E-state index in [9.17, 15) is 0 Å². The zero-order chi connectivity index (χ0) is 16.4. The summed E-state index contributed by atoms with van der Waals surface area (Å²) in [4.78, 5) is 7.31. The number of hydrogen-bond acceptors (Lipinski definition) is 2. The minimum absolute atomic E-state index is 0.193. The van der Waals surface area contributed by atoms with Crippen molar-refractivity contribution < 1.29 is 0 Å². The van der Waals surface area contributed by atoms with Crippen LogP contribution in [-0.4, -0.2) is 27.9 Å². The van der Waals surface area contributed by atoms with E-state index in [1.54, 1.807) is 6.07 Å². The van der Waals surface area contributed by atoms with Gasteiger partial charge in [-0.15, -0.1) is 0 Å². The molecule has 126 valence electrons. The molecule has 3 rings (SSSR count). The first kappa shape index (κ1) is 17.4. The lowest BCUT2D eigenvalue weighted by Crippen LogP contribution is -2.34. The predicted molar refractivity (Wildman–Crippen MR) is 103 cm³/mol. The fourth-order valence-electron chi connectivity index (χ4n) is 3.47. The van der Waals surface area contributed by atoms with E-state index >= 15 is 0 Å². The second kappa shape index (κ2) is 7.25. The molecule has 1 saturated heterocycles. The van der Waals surface area contributed by atoms with Crippen LogP contribution in [0.15, 0.2) is 23.2 Å². The molecule has 2 aliphatic rings. The van der Waals surface area contributed by atoms with Gasteiger partial charge in [0.25, 0.3) is 0 Å². The highest BCUT2D eigenvalue weighted by atomic mass is 35.5. The van der Waals surface area contributed by atoms with Crippen LogP contribution in [0.2, 0.25) is 10.0 Å². The van der Waals surface area contributed by atoms with E-state index in [-0.39, 0.29) is 4.75 Å². The molecule has 0 unspecified atom stereocenters. The maximum Gasteiger partial charge on any atom is 0.165 e. The molecule has 1 heterocycles. The molecule has 2 nitrogen and oxygen atoms in total. The van der Waals surface area contributed by atoms with Crippen molar-refractivity contribution >= 4 is 45.8 Å². The number of hydrogen-bond donors (Lipinski definition) is 0. The van der Waals surface area contributed by atoms with Crippen molar-refractivity contribution in [3.05, 3.63) is 28.2 Å². The molecule has 0 amide bonds. The Morgan fingerprint density at radius 2 is 1.96 bits per heavy atom.